The van der Waals surface area contributed by atoms with Gasteiger partial charge in [0.1, 0.15) is 11.5 Å². The van der Waals surface area contributed by atoms with Crippen molar-refractivity contribution in [3.8, 4) is 0 Å². The highest BCUT2D eigenvalue weighted by Crippen LogP contribution is 2.15. The number of rotatable bonds is 7. The molecule has 0 aliphatic carbocycles. The lowest BCUT2D eigenvalue weighted by Gasteiger charge is -2.11. The summed E-state index contributed by atoms with van der Waals surface area (Å²) in [6.45, 7) is 4.53. The normalized spacial score (nSPS) is 13.8. The maximum absolute atomic E-state index is 11.2. The van der Waals surface area contributed by atoms with Crippen LogP contribution in [0.4, 0.5) is 0 Å². The Morgan fingerprint density at radius 1 is 1.41 bits per heavy atom. The van der Waals surface area contributed by atoms with E-state index in [2.05, 4.69) is 10.0 Å². The standard InChI is InChI=1S/C11H20N2O3S/c1-9-5-6-11(16-9)10(2)13-7-4-8-17(14,15)12-3/h5-6,10,12-13H,4,7-8H2,1-3H3/t10-/m0/s1. The molecule has 1 aromatic heterocycles. The van der Waals surface area contributed by atoms with Gasteiger partial charge in [-0.05, 0) is 46.0 Å². The fourth-order valence-corrected chi connectivity index (χ4v) is 2.20. The molecule has 0 unspecified atom stereocenters. The SMILES string of the molecule is CNS(=O)(=O)CCCN[C@@H](C)c1ccc(C)o1. The number of sulfonamides is 1. The molecule has 0 aliphatic heterocycles. The molecule has 0 saturated heterocycles. The lowest BCUT2D eigenvalue weighted by Crippen LogP contribution is -2.26. The molecule has 1 heterocycles. The average molecular weight is 260 g/mol. The van der Waals surface area contributed by atoms with Gasteiger partial charge in [-0.1, -0.05) is 0 Å². The zero-order valence-corrected chi connectivity index (χ0v) is 11.3. The maximum Gasteiger partial charge on any atom is 0.211 e. The van der Waals surface area contributed by atoms with E-state index in [4.69, 9.17) is 4.42 Å². The Kier molecular flexibility index (Phi) is 5.17. The Morgan fingerprint density at radius 2 is 2.12 bits per heavy atom. The van der Waals surface area contributed by atoms with Gasteiger partial charge in [0.05, 0.1) is 11.8 Å². The van der Waals surface area contributed by atoms with Crippen molar-refractivity contribution in [2.75, 3.05) is 19.3 Å². The molecule has 2 N–H and O–H groups in total. The number of aryl methyl sites for hydroxylation is 1. The zero-order chi connectivity index (χ0) is 12.9. The molecule has 0 aromatic carbocycles. The molecule has 0 spiro atoms. The molecule has 0 fully saturated rings. The zero-order valence-electron chi connectivity index (χ0n) is 10.5. The molecule has 1 aromatic rings. The first-order valence-corrected chi connectivity index (χ1v) is 7.31. The summed E-state index contributed by atoms with van der Waals surface area (Å²) < 4.78 is 30.1. The minimum atomic E-state index is -3.09. The van der Waals surface area contributed by atoms with Crippen molar-refractivity contribution in [1.82, 2.24) is 10.0 Å². The number of nitrogens with one attached hydrogen (secondary N) is 2. The van der Waals surface area contributed by atoms with Crippen molar-refractivity contribution in [2.24, 2.45) is 0 Å². The average Bonchev–Trinajstić information content (AvgIpc) is 2.71. The lowest BCUT2D eigenvalue weighted by molar-refractivity contribution is 0.417. The van der Waals surface area contributed by atoms with Gasteiger partial charge in [-0.2, -0.15) is 0 Å². The van der Waals surface area contributed by atoms with Gasteiger partial charge in [-0.25, -0.2) is 13.1 Å². The summed E-state index contributed by atoms with van der Waals surface area (Å²) >= 11 is 0. The molecular formula is C11H20N2O3S. The topological polar surface area (TPSA) is 71.3 Å². The molecule has 6 heteroatoms. The van der Waals surface area contributed by atoms with E-state index in [0.29, 0.717) is 13.0 Å². The third-order valence-electron chi connectivity index (χ3n) is 2.54. The predicted octanol–water partition coefficient (Wildman–Crippen LogP) is 1.18. The fraction of sp³-hybridized carbons (Fsp3) is 0.636. The molecule has 0 amide bonds. The summed E-state index contributed by atoms with van der Waals surface area (Å²) in [5, 5.41) is 3.22. The Labute approximate surface area is 103 Å². The number of furan rings is 1. The van der Waals surface area contributed by atoms with Gasteiger partial charge in [-0.15, -0.1) is 0 Å². The number of hydrogen-bond acceptors (Lipinski definition) is 4. The van der Waals surface area contributed by atoms with Gasteiger partial charge in [0.25, 0.3) is 0 Å². The van der Waals surface area contributed by atoms with Crippen LogP contribution in [-0.2, 0) is 10.0 Å². The second kappa shape index (κ2) is 6.18. The highest BCUT2D eigenvalue weighted by molar-refractivity contribution is 7.89. The minimum Gasteiger partial charge on any atom is -0.465 e. The third kappa shape index (κ3) is 4.89. The van der Waals surface area contributed by atoms with Gasteiger partial charge >= 0.3 is 0 Å². The maximum atomic E-state index is 11.2. The van der Waals surface area contributed by atoms with Crippen LogP contribution in [0.5, 0.6) is 0 Å². The molecule has 17 heavy (non-hydrogen) atoms. The molecule has 0 bridgehead atoms. The van der Waals surface area contributed by atoms with Crippen LogP contribution < -0.4 is 10.0 Å². The molecule has 5 nitrogen and oxygen atoms in total. The Morgan fingerprint density at radius 3 is 2.65 bits per heavy atom. The van der Waals surface area contributed by atoms with Crippen LogP contribution in [-0.4, -0.2) is 27.8 Å². The van der Waals surface area contributed by atoms with Crippen LogP contribution in [0.3, 0.4) is 0 Å². The molecule has 98 valence electrons. The summed E-state index contributed by atoms with van der Waals surface area (Å²) in [6, 6.07) is 3.94. The minimum absolute atomic E-state index is 0.0981. The molecule has 0 radical (unpaired) electrons. The quantitative estimate of drug-likeness (QED) is 0.722. The molecular weight excluding hydrogens is 240 g/mol. The molecule has 1 rings (SSSR count). The first-order chi connectivity index (χ1) is 7.94. The van der Waals surface area contributed by atoms with E-state index < -0.39 is 10.0 Å². The first-order valence-electron chi connectivity index (χ1n) is 5.65. The van der Waals surface area contributed by atoms with E-state index in [1.807, 2.05) is 26.0 Å². The molecule has 0 aliphatic rings. The molecule has 1 atom stereocenters. The van der Waals surface area contributed by atoms with Crippen molar-refractivity contribution < 1.29 is 12.8 Å². The van der Waals surface area contributed by atoms with Crippen LogP contribution in [0.2, 0.25) is 0 Å². The van der Waals surface area contributed by atoms with Crippen LogP contribution in [0.25, 0.3) is 0 Å². The summed E-state index contributed by atoms with van der Waals surface area (Å²) in [5.74, 6) is 1.89. The van der Waals surface area contributed by atoms with Gasteiger partial charge in [0.2, 0.25) is 10.0 Å². The van der Waals surface area contributed by atoms with Gasteiger partial charge in [-0.3, -0.25) is 0 Å². The van der Waals surface area contributed by atoms with Crippen molar-refractivity contribution in [3.63, 3.8) is 0 Å². The van der Waals surface area contributed by atoms with Crippen molar-refractivity contribution in [2.45, 2.75) is 26.3 Å². The van der Waals surface area contributed by atoms with Crippen LogP contribution in [0.15, 0.2) is 16.5 Å². The lowest BCUT2D eigenvalue weighted by atomic mass is 10.2. The first kappa shape index (κ1) is 14.2. The van der Waals surface area contributed by atoms with Crippen LogP contribution >= 0.6 is 0 Å². The van der Waals surface area contributed by atoms with Crippen LogP contribution in [0, 0.1) is 6.92 Å². The second-order valence-electron chi connectivity index (χ2n) is 4.00. The van der Waals surface area contributed by atoms with Crippen molar-refractivity contribution in [1.29, 1.82) is 0 Å². The van der Waals surface area contributed by atoms with Gasteiger partial charge < -0.3 is 9.73 Å². The Balaban J connectivity index is 2.28. The van der Waals surface area contributed by atoms with Gasteiger partial charge in [0, 0.05) is 0 Å². The number of hydrogen-bond donors (Lipinski definition) is 2. The molecule has 0 saturated carbocycles. The summed E-state index contributed by atoms with van der Waals surface area (Å²) in [5.41, 5.74) is 0. The van der Waals surface area contributed by atoms with E-state index in [1.165, 1.54) is 7.05 Å². The van der Waals surface area contributed by atoms with E-state index >= 15 is 0 Å². The van der Waals surface area contributed by atoms with Crippen molar-refractivity contribution >= 4 is 10.0 Å². The van der Waals surface area contributed by atoms with E-state index in [9.17, 15) is 8.42 Å². The highest BCUT2D eigenvalue weighted by atomic mass is 32.2. The highest BCUT2D eigenvalue weighted by Gasteiger charge is 2.10. The predicted molar refractivity (Wildman–Crippen MR) is 67.3 cm³/mol. The van der Waals surface area contributed by atoms with E-state index in [0.717, 1.165) is 11.5 Å². The van der Waals surface area contributed by atoms with E-state index in [1.54, 1.807) is 0 Å². The van der Waals surface area contributed by atoms with E-state index in [-0.39, 0.29) is 11.8 Å². The van der Waals surface area contributed by atoms with Crippen molar-refractivity contribution in [3.05, 3.63) is 23.7 Å². The monoisotopic (exact) mass is 260 g/mol. The smallest absolute Gasteiger partial charge is 0.211 e. The largest absolute Gasteiger partial charge is 0.465 e. The Hall–Kier alpha value is -0.850. The summed E-state index contributed by atoms with van der Waals surface area (Å²) in [7, 11) is -1.66. The van der Waals surface area contributed by atoms with Crippen LogP contribution in [0.1, 0.15) is 30.9 Å². The Bertz CT molecular complexity index is 439. The third-order valence-corrected chi connectivity index (χ3v) is 3.99. The second-order valence-corrected chi connectivity index (χ2v) is 6.05. The fourth-order valence-electron chi connectivity index (χ4n) is 1.47. The summed E-state index contributed by atoms with van der Waals surface area (Å²) in [6.07, 6.45) is 0.577. The van der Waals surface area contributed by atoms with Gasteiger partial charge in [0.15, 0.2) is 0 Å². The summed E-state index contributed by atoms with van der Waals surface area (Å²) in [4.78, 5) is 0.